The van der Waals surface area contributed by atoms with Gasteiger partial charge in [0, 0.05) is 18.3 Å². The van der Waals surface area contributed by atoms with Gasteiger partial charge >= 0.3 is 0 Å². The molecule has 1 aromatic rings. The van der Waals surface area contributed by atoms with E-state index in [9.17, 15) is 0 Å². The number of hydrogen-bond donors (Lipinski definition) is 1. The van der Waals surface area contributed by atoms with Gasteiger partial charge in [-0.25, -0.2) is 0 Å². The van der Waals surface area contributed by atoms with Crippen molar-refractivity contribution in [2.45, 2.75) is 52.5 Å². The summed E-state index contributed by atoms with van der Waals surface area (Å²) in [4.78, 5) is 2.58. The largest absolute Gasteiger partial charge is 0.382 e. The van der Waals surface area contributed by atoms with Crippen LogP contribution in [0.15, 0.2) is 24.3 Å². The van der Waals surface area contributed by atoms with Crippen molar-refractivity contribution >= 4 is 5.69 Å². The molecule has 1 heterocycles. The lowest BCUT2D eigenvalue weighted by molar-refractivity contribution is 0.172. The summed E-state index contributed by atoms with van der Waals surface area (Å²) in [5, 5.41) is 3.70. The highest BCUT2D eigenvalue weighted by Gasteiger charge is 2.23. The molecule has 0 radical (unpaired) electrons. The zero-order valence-corrected chi connectivity index (χ0v) is 13.5. The Morgan fingerprint density at radius 2 is 1.90 bits per heavy atom. The number of anilines is 1. The Kier molecular flexibility index (Phi) is 5.47. The van der Waals surface area contributed by atoms with Crippen LogP contribution in [0.4, 0.5) is 5.69 Å². The first-order valence-electron chi connectivity index (χ1n) is 8.19. The third-order valence-corrected chi connectivity index (χ3v) is 4.67. The highest BCUT2D eigenvalue weighted by molar-refractivity contribution is 5.46. The average molecular weight is 274 g/mol. The topological polar surface area (TPSA) is 15.3 Å². The maximum Gasteiger partial charge on any atom is 0.0342 e. The molecular formula is C18H30N2. The lowest BCUT2D eigenvalue weighted by atomic mass is 9.91. The fraction of sp³-hybridized carbons (Fsp3) is 0.667. The van der Waals surface area contributed by atoms with Gasteiger partial charge < -0.3 is 10.2 Å². The molecule has 2 rings (SSSR count). The van der Waals surface area contributed by atoms with Crippen molar-refractivity contribution in [3.63, 3.8) is 0 Å². The standard InChI is InChI=1S/C18H30N2/c1-5-20-12-6-7-17(13-20)15(4)19-18-10-8-16(9-11-18)14(2)3/h8-11,14-15,17,19H,5-7,12-13H2,1-4H3. The van der Waals surface area contributed by atoms with Crippen LogP contribution in [0.5, 0.6) is 0 Å². The number of likely N-dealkylation sites (tertiary alicyclic amines) is 1. The second-order valence-electron chi connectivity index (χ2n) is 6.51. The Morgan fingerprint density at radius 3 is 2.50 bits per heavy atom. The van der Waals surface area contributed by atoms with Crippen molar-refractivity contribution in [2.75, 3.05) is 25.0 Å². The van der Waals surface area contributed by atoms with E-state index < -0.39 is 0 Å². The highest BCUT2D eigenvalue weighted by Crippen LogP contribution is 2.23. The molecule has 1 fully saturated rings. The van der Waals surface area contributed by atoms with E-state index in [0.29, 0.717) is 12.0 Å². The molecule has 112 valence electrons. The van der Waals surface area contributed by atoms with Crippen LogP contribution >= 0.6 is 0 Å². The Morgan fingerprint density at radius 1 is 1.20 bits per heavy atom. The minimum atomic E-state index is 0.550. The lowest BCUT2D eigenvalue weighted by Crippen LogP contribution is -2.41. The third kappa shape index (κ3) is 3.99. The maximum absolute atomic E-state index is 3.70. The van der Waals surface area contributed by atoms with Gasteiger partial charge in [0.25, 0.3) is 0 Å². The van der Waals surface area contributed by atoms with Gasteiger partial charge in [-0.1, -0.05) is 32.9 Å². The van der Waals surface area contributed by atoms with Gasteiger partial charge in [-0.2, -0.15) is 0 Å². The van der Waals surface area contributed by atoms with Gasteiger partial charge in [0.05, 0.1) is 0 Å². The summed E-state index contributed by atoms with van der Waals surface area (Å²) in [7, 11) is 0. The van der Waals surface area contributed by atoms with E-state index in [0.717, 1.165) is 5.92 Å². The van der Waals surface area contributed by atoms with E-state index in [4.69, 9.17) is 0 Å². The third-order valence-electron chi connectivity index (χ3n) is 4.67. The molecule has 1 saturated heterocycles. The molecule has 0 amide bonds. The molecule has 1 aromatic carbocycles. The minimum Gasteiger partial charge on any atom is -0.382 e. The van der Waals surface area contributed by atoms with Gasteiger partial charge in [-0.05, 0) is 62.4 Å². The number of hydrogen-bond acceptors (Lipinski definition) is 2. The number of benzene rings is 1. The first-order valence-corrected chi connectivity index (χ1v) is 8.19. The quantitative estimate of drug-likeness (QED) is 0.859. The van der Waals surface area contributed by atoms with Crippen LogP contribution in [0, 0.1) is 5.92 Å². The lowest BCUT2D eigenvalue weighted by Gasteiger charge is -2.35. The van der Waals surface area contributed by atoms with Crippen LogP contribution in [-0.4, -0.2) is 30.6 Å². The van der Waals surface area contributed by atoms with E-state index in [-0.39, 0.29) is 0 Å². The number of nitrogens with zero attached hydrogens (tertiary/aromatic N) is 1. The number of rotatable bonds is 5. The van der Waals surface area contributed by atoms with Crippen molar-refractivity contribution in [1.29, 1.82) is 0 Å². The van der Waals surface area contributed by atoms with E-state index >= 15 is 0 Å². The molecular weight excluding hydrogens is 244 g/mol. The molecule has 0 aliphatic carbocycles. The predicted octanol–water partition coefficient (Wildman–Crippen LogP) is 4.34. The van der Waals surface area contributed by atoms with E-state index in [2.05, 4.69) is 62.2 Å². The van der Waals surface area contributed by atoms with Crippen LogP contribution in [0.2, 0.25) is 0 Å². The van der Waals surface area contributed by atoms with Gasteiger partial charge in [-0.15, -0.1) is 0 Å². The highest BCUT2D eigenvalue weighted by atomic mass is 15.1. The van der Waals surface area contributed by atoms with E-state index in [1.807, 2.05) is 0 Å². The van der Waals surface area contributed by atoms with Crippen LogP contribution in [0.25, 0.3) is 0 Å². The molecule has 0 bridgehead atoms. The summed E-state index contributed by atoms with van der Waals surface area (Å²) in [5.74, 6) is 1.38. The van der Waals surface area contributed by atoms with Gasteiger partial charge in [0.2, 0.25) is 0 Å². The number of piperidine rings is 1. The first-order chi connectivity index (χ1) is 9.60. The summed E-state index contributed by atoms with van der Waals surface area (Å²) in [6.07, 6.45) is 2.70. The molecule has 0 spiro atoms. The van der Waals surface area contributed by atoms with Crippen molar-refractivity contribution in [3.05, 3.63) is 29.8 Å². The van der Waals surface area contributed by atoms with Crippen molar-refractivity contribution in [1.82, 2.24) is 4.90 Å². The van der Waals surface area contributed by atoms with Gasteiger partial charge in [0.15, 0.2) is 0 Å². The summed E-state index contributed by atoms with van der Waals surface area (Å²) in [5.41, 5.74) is 2.67. The Labute approximate surface area is 124 Å². The SMILES string of the molecule is CCN1CCCC(C(C)Nc2ccc(C(C)C)cc2)C1. The summed E-state index contributed by atoms with van der Waals surface area (Å²) >= 11 is 0. The molecule has 2 heteroatoms. The summed E-state index contributed by atoms with van der Waals surface area (Å²) in [6.45, 7) is 12.8. The smallest absolute Gasteiger partial charge is 0.0342 e. The molecule has 1 N–H and O–H groups in total. The minimum absolute atomic E-state index is 0.550. The van der Waals surface area contributed by atoms with Crippen LogP contribution in [-0.2, 0) is 0 Å². The molecule has 0 saturated carbocycles. The Bertz CT molecular complexity index is 396. The first kappa shape index (κ1) is 15.4. The van der Waals surface area contributed by atoms with Crippen LogP contribution < -0.4 is 5.32 Å². The number of nitrogens with one attached hydrogen (secondary N) is 1. The molecule has 0 aromatic heterocycles. The van der Waals surface area contributed by atoms with E-state index in [1.54, 1.807) is 0 Å². The summed E-state index contributed by atoms with van der Waals surface area (Å²) < 4.78 is 0. The fourth-order valence-electron chi connectivity index (χ4n) is 3.13. The molecule has 2 atom stereocenters. The molecule has 1 aliphatic rings. The van der Waals surface area contributed by atoms with Crippen molar-refractivity contribution in [2.24, 2.45) is 5.92 Å². The molecule has 2 unspecified atom stereocenters. The van der Waals surface area contributed by atoms with Crippen LogP contribution in [0.1, 0.15) is 52.0 Å². The van der Waals surface area contributed by atoms with Crippen molar-refractivity contribution < 1.29 is 0 Å². The van der Waals surface area contributed by atoms with Gasteiger partial charge in [0.1, 0.15) is 0 Å². The second-order valence-corrected chi connectivity index (χ2v) is 6.51. The normalized spacial score (nSPS) is 21.9. The second kappa shape index (κ2) is 7.12. The van der Waals surface area contributed by atoms with Crippen molar-refractivity contribution in [3.8, 4) is 0 Å². The van der Waals surface area contributed by atoms with Crippen LogP contribution in [0.3, 0.4) is 0 Å². The predicted molar refractivity (Wildman–Crippen MR) is 88.5 cm³/mol. The van der Waals surface area contributed by atoms with Gasteiger partial charge in [-0.3, -0.25) is 0 Å². The Balaban J connectivity index is 1.91. The fourth-order valence-corrected chi connectivity index (χ4v) is 3.13. The zero-order valence-electron chi connectivity index (χ0n) is 13.5. The Hall–Kier alpha value is -1.02. The average Bonchev–Trinajstić information content (AvgIpc) is 2.47. The molecule has 20 heavy (non-hydrogen) atoms. The summed E-state index contributed by atoms with van der Waals surface area (Å²) in [6, 6.07) is 9.50. The molecule has 1 aliphatic heterocycles. The molecule has 2 nitrogen and oxygen atoms in total. The van der Waals surface area contributed by atoms with E-state index in [1.165, 1.54) is 43.7 Å². The maximum atomic E-state index is 3.70. The monoisotopic (exact) mass is 274 g/mol. The zero-order chi connectivity index (χ0) is 14.5.